The topological polar surface area (TPSA) is 72.2 Å². The van der Waals surface area contributed by atoms with Gasteiger partial charge < -0.3 is 14.8 Å². The largest absolute Gasteiger partial charge is 0.354 e. The molecular formula is C27H33N5O2. The van der Waals surface area contributed by atoms with Gasteiger partial charge >= 0.3 is 0 Å². The Morgan fingerprint density at radius 2 is 1.76 bits per heavy atom. The van der Waals surface area contributed by atoms with Crippen LogP contribution in [0.3, 0.4) is 0 Å². The summed E-state index contributed by atoms with van der Waals surface area (Å²) in [6.45, 7) is 10.4. The van der Waals surface area contributed by atoms with E-state index >= 15 is 0 Å². The molecule has 2 aromatic heterocycles. The average molecular weight is 460 g/mol. The van der Waals surface area contributed by atoms with Gasteiger partial charge in [-0.3, -0.25) is 9.59 Å². The maximum absolute atomic E-state index is 13.5. The molecule has 0 bridgehead atoms. The number of aromatic nitrogens is 3. The molecule has 0 aliphatic carbocycles. The van der Waals surface area contributed by atoms with Crippen molar-refractivity contribution in [3.8, 4) is 0 Å². The van der Waals surface area contributed by atoms with Crippen LogP contribution in [0, 0.1) is 6.92 Å². The highest BCUT2D eigenvalue weighted by Crippen LogP contribution is 2.27. The van der Waals surface area contributed by atoms with Gasteiger partial charge in [0, 0.05) is 29.4 Å². The van der Waals surface area contributed by atoms with Crippen LogP contribution in [0.25, 0.3) is 21.8 Å². The third-order valence-electron chi connectivity index (χ3n) is 6.52. The van der Waals surface area contributed by atoms with Crippen molar-refractivity contribution in [2.24, 2.45) is 0 Å². The first kappa shape index (κ1) is 23.7. The SMILES string of the molecule is CCN(CC)CCCNC(=O)Cn1ncc2c3ccccc3n(Cc3ccccc3C)c2c1=O. The first-order valence-corrected chi connectivity index (χ1v) is 12.0. The molecule has 2 heterocycles. The molecule has 7 nitrogen and oxygen atoms in total. The highest BCUT2D eigenvalue weighted by atomic mass is 16.2. The monoisotopic (exact) mass is 459 g/mol. The van der Waals surface area contributed by atoms with E-state index in [1.807, 2.05) is 36.4 Å². The second-order valence-electron chi connectivity index (χ2n) is 8.63. The number of nitrogens with one attached hydrogen (secondary N) is 1. The molecule has 1 N–H and O–H groups in total. The van der Waals surface area contributed by atoms with Crippen LogP contribution >= 0.6 is 0 Å². The fourth-order valence-electron chi connectivity index (χ4n) is 4.49. The Kier molecular flexibility index (Phi) is 7.43. The second kappa shape index (κ2) is 10.7. The summed E-state index contributed by atoms with van der Waals surface area (Å²) in [6.07, 6.45) is 2.58. The van der Waals surface area contributed by atoms with E-state index in [1.54, 1.807) is 6.20 Å². The molecule has 0 fully saturated rings. The van der Waals surface area contributed by atoms with Crippen LogP contribution in [0.15, 0.2) is 59.5 Å². The summed E-state index contributed by atoms with van der Waals surface area (Å²) in [7, 11) is 0. The van der Waals surface area contributed by atoms with Crippen molar-refractivity contribution in [1.82, 2.24) is 24.6 Å². The van der Waals surface area contributed by atoms with Gasteiger partial charge in [-0.2, -0.15) is 5.10 Å². The molecule has 34 heavy (non-hydrogen) atoms. The highest BCUT2D eigenvalue weighted by Gasteiger charge is 2.17. The highest BCUT2D eigenvalue weighted by molar-refractivity contribution is 6.07. The summed E-state index contributed by atoms with van der Waals surface area (Å²) in [6, 6.07) is 16.2. The van der Waals surface area contributed by atoms with Crippen molar-refractivity contribution < 1.29 is 4.79 Å². The molecule has 4 aromatic rings. The molecule has 0 aliphatic heterocycles. The average Bonchev–Trinajstić information content (AvgIpc) is 3.16. The minimum Gasteiger partial charge on any atom is -0.354 e. The lowest BCUT2D eigenvalue weighted by atomic mass is 10.1. The van der Waals surface area contributed by atoms with E-state index in [4.69, 9.17) is 0 Å². The summed E-state index contributed by atoms with van der Waals surface area (Å²) >= 11 is 0. The van der Waals surface area contributed by atoms with E-state index in [2.05, 4.69) is 52.8 Å². The van der Waals surface area contributed by atoms with Crippen molar-refractivity contribution in [2.75, 3.05) is 26.2 Å². The Hall–Kier alpha value is -3.45. The van der Waals surface area contributed by atoms with Gasteiger partial charge in [0.2, 0.25) is 5.91 Å². The molecule has 0 saturated heterocycles. The zero-order chi connectivity index (χ0) is 24.1. The summed E-state index contributed by atoms with van der Waals surface area (Å²) in [5.74, 6) is -0.199. The predicted molar refractivity (Wildman–Crippen MR) is 137 cm³/mol. The minimum atomic E-state index is -0.249. The number of nitrogens with zero attached hydrogens (tertiary/aromatic N) is 4. The van der Waals surface area contributed by atoms with E-state index in [9.17, 15) is 9.59 Å². The number of benzene rings is 2. The van der Waals surface area contributed by atoms with Gasteiger partial charge in [-0.25, -0.2) is 4.68 Å². The molecular weight excluding hydrogens is 426 g/mol. The summed E-state index contributed by atoms with van der Waals surface area (Å²) < 4.78 is 3.32. The maximum atomic E-state index is 13.5. The van der Waals surface area contributed by atoms with Gasteiger partial charge in [0.15, 0.2) is 0 Å². The number of amides is 1. The number of hydrogen-bond donors (Lipinski definition) is 1. The fourth-order valence-corrected chi connectivity index (χ4v) is 4.49. The Morgan fingerprint density at radius 1 is 1.03 bits per heavy atom. The third kappa shape index (κ3) is 4.89. The molecule has 0 saturated carbocycles. The van der Waals surface area contributed by atoms with Gasteiger partial charge in [0.05, 0.1) is 6.20 Å². The molecule has 4 rings (SSSR count). The Balaban J connectivity index is 1.61. The second-order valence-corrected chi connectivity index (χ2v) is 8.63. The zero-order valence-electron chi connectivity index (χ0n) is 20.3. The van der Waals surface area contributed by atoms with E-state index in [0.717, 1.165) is 47.9 Å². The van der Waals surface area contributed by atoms with Crippen molar-refractivity contribution in [3.63, 3.8) is 0 Å². The lowest BCUT2D eigenvalue weighted by molar-refractivity contribution is -0.121. The molecule has 0 aliphatic rings. The first-order valence-electron chi connectivity index (χ1n) is 12.0. The molecule has 0 unspecified atom stereocenters. The number of carbonyl (C=O) groups is 1. The number of rotatable bonds is 10. The normalized spacial score (nSPS) is 11.5. The lowest BCUT2D eigenvalue weighted by Crippen LogP contribution is -2.35. The number of carbonyl (C=O) groups excluding carboxylic acids is 1. The first-order chi connectivity index (χ1) is 16.5. The Labute approximate surface area is 200 Å². The van der Waals surface area contributed by atoms with E-state index in [0.29, 0.717) is 18.6 Å². The van der Waals surface area contributed by atoms with Crippen LogP contribution < -0.4 is 10.9 Å². The van der Waals surface area contributed by atoms with Gasteiger partial charge in [0.25, 0.3) is 5.56 Å². The Bertz CT molecular complexity index is 1350. The van der Waals surface area contributed by atoms with E-state index in [1.165, 1.54) is 10.2 Å². The van der Waals surface area contributed by atoms with Gasteiger partial charge in [0.1, 0.15) is 12.1 Å². The number of hydrogen-bond acceptors (Lipinski definition) is 4. The van der Waals surface area contributed by atoms with Crippen LogP contribution in [0.4, 0.5) is 0 Å². The molecule has 2 aromatic carbocycles. The maximum Gasteiger partial charge on any atom is 0.291 e. The number of para-hydroxylation sites is 1. The van der Waals surface area contributed by atoms with Gasteiger partial charge in [-0.15, -0.1) is 0 Å². The standard InChI is InChI=1S/C27H33N5O2/c1-4-30(5-2)16-10-15-28-25(33)19-32-27(34)26-23(17-29-32)22-13-8-9-14-24(22)31(26)18-21-12-7-6-11-20(21)3/h6-9,11-14,17H,4-5,10,15-16,18-19H2,1-3H3,(H,28,33). The zero-order valence-corrected chi connectivity index (χ0v) is 20.3. The molecule has 178 valence electrons. The molecule has 0 radical (unpaired) electrons. The van der Waals surface area contributed by atoms with E-state index < -0.39 is 0 Å². The van der Waals surface area contributed by atoms with Crippen molar-refractivity contribution in [3.05, 3.63) is 76.2 Å². The van der Waals surface area contributed by atoms with Gasteiger partial charge in [-0.1, -0.05) is 56.3 Å². The molecule has 0 atom stereocenters. The smallest absolute Gasteiger partial charge is 0.291 e. The van der Waals surface area contributed by atoms with E-state index in [-0.39, 0.29) is 18.0 Å². The van der Waals surface area contributed by atoms with Crippen LogP contribution in [0.1, 0.15) is 31.4 Å². The van der Waals surface area contributed by atoms with Crippen molar-refractivity contribution in [1.29, 1.82) is 0 Å². The Morgan fingerprint density at radius 3 is 2.53 bits per heavy atom. The van der Waals surface area contributed by atoms with Crippen LogP contribution in [-0.4, -0.2) is 51.3 Å². The summed E-state index contributed by atoms with van der Waals surface area (Å²) in [5, 5.41) is 9.07. The fraction of sp³-hybridized carbons (Fsp3) is 0.370. The van der Waals surface area contributed by atoms with Crippen LogP contribution in [-0.2, 0) is 17.9 Å². The summed E-state index contributed by atoms with van der Waals surface area (Å²) in [4.78, 5) is 28.4. The summed E-state index contributed by atoms with van der Waals surface area (Å²) in [5.41, 5.74) is 3.64. The van der Waals surface area contributed by atoms with Crippen LogP contribution in [0.5, 0.6) is 0 Å². The lowest BCUT2D eigenvalue weighted by Gasteiger charge is -2.17. The van der Waals surface area contributed by atoms with Crippen LogP contribution in [0.2, 0.25) is 0 Å². The minimum absolute atomic E-state index is 0.0913. The molecule has 0 spiro atoms. The third-order valence-corrected chi connectivity index (χ3v) is 6.52. The predicted octanol–water partition coefficient (Wildman–Crippen LogP) is 3.56. The number of fused-ring (bicyclic) bond motifs is 3. The quantitative estimate of drug-likeness (QED) is 0.368. The van der Waals surface area contributed by atoms with Crippen molar-refractivity contribution >= 4 is 27.7 Å². The van der Waals surface area contributed by atoms with Gasteiger partial charge in [-0.05, 0) is 50.2 Å². The molecule has 1 amide bonds. The molecule has 7 heteroatoms. The van der Waals surface area contributed by atoms with Crippen molar-refractivity contribution in [2.45, 2.75) is 40.3 Å². The number of aryl methyl sites for hydroxylation is 1.